The molecule has 1 atom stereocenters. The van der Waals surface area contributed by atoms with Gasteiger partial charge in [0.15, 0.2) is 5.78 Å². The van der Waals surface area contributed by atoms with Crippen LogP contribution in [0.3, 0.4) is 0 Å². The second kappa shape index (κ2) is 4.64. The number of ketones is 1. The van der Waals surface area contributed by atoms with Gasteiger partial charge < -0.3 is 0 Å². The maximum absolute atomic E-state index is 12.3. The SMILES string of the molecule is [2H]C1CCCCc2ccc(C(=O)C(C)(C)C)cc21. The van der Waals surface area contributed by atoms with Crippen molar-refractivity contribution >= 4 is 5.78 Å². The van der Waals surface area contributed by atoms with Crippen molar-refractivity contribution in [2.75, 3.05) is 0 Å². The molecular formula is C16H22O. The molecule has 0 spiro atoms. The summed E-state index contributed by atoms with van der Waals surface area (Å²) in [4.78, 5) is 12.3. The maximum Gasteiger partial charge on any atom is 0.168 e. The molecule has 0 bridgehead atoms. The molecule has 2 rings (SSSR count). The van der Waals surface area contributed by atoms with Gasteiger partial charge in [-0.1, -0.05) is 39.3 Å². The van der Waals surface area contributed by atoms with Crippen molar-refractivity contribution in [3.63, 3.8) is 0 Å². The fraction of sp³-hybridized carbons (Fsp3) is 0.562. The molecule has 1 aliphatic rings. The number of carbonyl (C=O) groups is 1. The Hall–Kier alpha value is -1.11. The van der Waals surface area contributed by atoms with Gasteiger partial charge in [-0.2, -0.15) is 0 Å². The van der Waals surface area contributed by atoms with Crippen LogP contribution in [0.25, 0.3) is 0 Å². The Morgan fingerprint density at radius 3 is 2.65 bits per heavy atom. The van der Waals surface area contributed by atoms with Crippen molar-refractivity contribution in [3.05, 3.63) is 34.9 Å². The van der Waals surface area contributed by atoms with E-state index < -0.39 is 0 Å². The fourth-order valence-electron chi connectivity index (χ4n) is 2.30. The van der Waals surface area contributed by atoms with E-state index in [-0.39, 0.29) is 17.6 Å². The molecule has 17 heavy (non-hydrogen) atoms. The Morgan fingerprint density at radius 1 is 1.18 bits per heavy atom. The van der Waals surface area contributed by atoms with Crippen LogP contribution in [0.5, 0.6) is 0 Å². The zero-order valence-corrected chi connectivity index (χ0v) is 11.0. The number of hydrogen-bond donors (Lipinski definition) is 0. The topological polar surface area (TPSA) is 17.1 Å². The molecule has 0 aliphatic heterocycles. The number of carbonyl (C=O) groups excluding carboxylic acids is 1. The molecule has 0 saturated carbocycles. The minimum absolute atomic E-state index is 0.157. The fourth-order valence-corrected chi connectivity index (χ4v) is 2.30. The highest BCUT2D eigenvalue weighted by Crippen LogP contribution is 2.26. The highest BCUT2D eigenvalue weighted by Gasteiger charge is 2.23. The number of rotatable bonds is 1. The van der Waals surface area contributed by atoms with E-state index in [9.17, 15) is 4.79 Å². The Morgan fingerprint density at radius 2 is 1.94 bits per heavy atom. The largest absolute Gasteiger partial charge is 0.294 e. The molecule has 0 fully saturated rings. The van der Waals surface area contributed by atoms with Gasteiger partial charge in [0.05, 0.1) is 0 Å². The van der Waals surface area contributed by atoms with Crippen LogP contribution in [0.4, 0.5) is 0 Å². The Balaban J connectivity index is 2.40. The molecule has 1 nitrogen and oxygen atoms in total. The van der Waals surface area contributed by atoms with Gasteiger partial charge in [0.1, 0.15) is 0 Å². The predicted molar refractivity (Wildman–Crippen MR) is 71.5 cm³/mol. The minimum Gasteiger partial charge on any atom is -0.294 e. The quantitative estimate of drug-likeness (QED) is 0.523. The minimum atomic E-state index is -0.351. The number of fused-ring (bicyclic) bond motifs is 1. The first-order valence-corrected chi connectivity index (χ1v) is 6.49. The van der Waals surface area contributed by atoms with E-state index in [0.29, 0.717) is 0 Å². The van der Waals surface area contributed by atoms with E-state index in [1.165, 1.54) is 5.56 Å². The van der Waals surface area contributed by atoms with Gasteiger partial charge in [-0.05, 0) is 42.9 Å². The normalized spacial score (nSPS) is 21.4. The number of aryl methyl sites for hydroxylation is 2. The average Bonchev–Trinajstić information content (AvgIpc) is 2.49. The van der Waals surface area contributed by atoms with Crippen LogP contribution < -0.4 is 0 Å². The molecule has 0 N–H and O–H groups in total. The molecule has 1 heteroatoms. The second-order valence-corrected chi connectivity index (χ2v) is 5.94. The first-order chi connectivity index (χ1) is 8.39. The molecule has 0 saturated heterocycles. The highest BCUT2D eigenvalue weighted by atomic mass is 16.1. The predicted octanol–water partition coefficient (Wildman–Crippen LogP) is 4.18. The van der Waals surface area contributed by atoms with Crippen molar-refractivity contribution < 1.29 is 6.17 Å². The molecule has 92 valence electrons. The van der Waals surface area contributed by atoms with Crippen molar-refractivity contribution in [3.8, 4) is 0 Å². The third-order valence-corrected chi connectivity index (χ3v) is 3.35. The van der Waals surface area contributed by atoms with E-state index in [4.69, 9.17) is 1.37 Å². The molecular weight excluding hydrogens is 208 g/mol. The van der Waals surface area contributed by atoms with Crippen molar-refractivity contribution in [2.24, 2.45) is 5.41 Å². The van der Waals surface area contributed by atoms with E-state index in [1.54, 1.807) is 0 Å². The van der Waals surface area contributed by atoms with E-state index in [0.717, 1.165) is 36.8 Å². The van der Waals surface area contributed by atoms with Gasteiger partial charge in [0.25, 0.3) is 0 Å². The maximum atomic E-state index is 12.3. The Labute approximate surface area is 106 Å². The highest BCUT2D eigenvalue weighted by molar-refractivity contribution is 6.00. The summed E-state index contributed by atoms with van der Waals surface area (Å²) >= 11 is 0. The van der Waals surface area contributed by atoms with Crippen LogP contribution in [0.15, 0.2) is 18.2 Å². The van der Waals surface area contributed by atoms with Crippen LogP contribution in [0.2, 0.25) is 0 Å². The summed E-state index contributed by atoms with van der Waals surface area (Å²) in [5, 5.41) is 0. The van der Waals surface area contributed by atoms with Crippen molar-refractivity contribution in [1.82, 2.24) is 0 Å². The smallest absolute Gasteiger partial charge is 0.168 e. The lowest BCUT2D eigenvalue weighted by atomic mass is 9.85. The third-order valence-electron chi connectivity index (χ3n) is 3.35. The summed E-state index contributed by atoms with van der Waals surface area (Å²) < 4.78 is 8.18. The monoisotopic (exact) mass is 231 g/mol. The number of Topliss-reactive ketones (excluding diaryl/α,β-unsaturated/α-hetero) is 1. The first-order valence-electron chi connectivity index (χ1n) is 7.07. The van der Waals surface area contributed by atoms with Gasteiger partial charge in [0, 0.05) is 12.3 Å². The van der Waals surface area contributed by atoms with E-state index >= 15 is 0 Å². The van der Waals surface area contributed by atoms with Gasteiger partial charge >= 0.3 is 0 Å². The lowest BCUT2D eigenvalue weighted by molar-refractivity contribution is 0.0858. The third kappa shape index (κ3) is 2.77. The number of benzene rings is 1. The van der Waals surface area contributed by atoms with Crippen LogP contribution in [0.1, 0.15) is 62.9 Å². The molecule has 1 aliphatic carbocycles. The molecule has 1 aromatic rings. The Kier molecular flexibility index (Phi) is 3.00. The Bertz CT molecular complexity index is 457. The summed E-state index contributed by atoms with van der Waals surface area (Å²) in [5.41, 5.74) is 2.75. The van der Waals surface area contributed by atoms with Crippen LogP contribution in [-0.2, 0) is 12.8 Å². The van der Waals surface area contributed by atoms with Gasteiger partial charge in [0.2, 0.25) is 0 Å². The van der Waals surface area contributed by atoms with Gasteiger partial charge in [-0.3, -0.25) is 4.79 Å². The molecule has 0 amide bonds. The zero-order valence-electron chi connectivity index (χ0n) is 12.0. The molecule has 1 unspecified atom stereocenters. The lowest BCUT2D eigenvalue weighted by Crippen LogP contribution is -2.20. The van der Waals surface area contributed by atoms with E-state index in [2.05, 4.69) is 6.07 Å². The summed E-state index contributed by atoms with van der Waals surface area (Å²) in [7, 11) is 0. The summed E-state index contributed by atoms with van der Waals surface area (Å²) in [5.74, 6) is 0.168. The lowest BCUT2D eigenvalue weighted by Gasteiger charge is -2.17. The first kappa shape index (κ1) is 11.0. The molecule has 0 radical (unpaired) electrons. The standard InChI is InChI=1S/C16H22O/c1-16(2,3)15(17)14-10-9-12-7-5-4-6-8-13(12)11-14/h9-11H,4-8H2,1-3H3/i8D. The summed E-state index contributed by atoms with van der Waals surface area (Å²) in [6, 6.07) is 5.96. The molecule has 0 aromatic heterocycles. The van der Waals surface area contributed by atoms with Crippen LogP contribution in [-0.4, -0.2) is 5.78 Å². The van der Waals surface area contributed by atoms with Crippen LogP contribution in [0, 0.1) is 5.41 Å². The van der Waals surface area contributed by atoms with Gasteiger partial charge in [-0.25, -0.2) is 0 Å². The average molecular weight is 231 g/mol. The van der Waals surface area contributed by atoms with Crippen LogP contribution >= 0.6 is 0 Å². The second-order valence-electron chi connectivity index (χ2n) is 5.94. The zero-order chi connectivity index (χ0) is 13.3. The molecule has 1 aromatic carbocycles. The summed E-state index contributed by atoms with van der Waals surface area (Å²) in [6.07, 6.45) is 4.09. The van der Waals surface area contributed by atoms with E-state index in [1.807, 2.05) is 32.9 Å². The molecule has 0 heterocycles. The van der Waals surface area contributed by atoms with Crippen molar-refractivity contribution in [1.29, 1.82) is 0 Å². The van der Waals surface area contributed by atoms with Gasteiger partial charge in [-0.15, -0.1) is 0 Å². The number of hydrogen-bond acceptors (Lipinski definition) is 1. The summed E-state index contributed by atoms with van der Waals surface area (Å²) in [6.45, 7) is 5.83. The van der Waals surface area contributed by atoms with Crippen molar-refractivity contribution in [2.45, 2.75) is 52.9 Å².